The van der Waals surface area contributed by atoms with Gasteiger partial charge in [0.15, 0.2) is 0 Å². The lowest BCUT2D eigenvalue weighted by Gasteiger charge is -2.12. The largest absolute Gasteiger partial charge is 0.496 e. The second-order valence-electron chi connectivity index (χ2n) is 8.94. The zero-order valence-electron chi connectivity index (χ0n) is 22.7. The zero-order valence-corrected chi connectivity index (χ0v) is 23.5. The van der Waals surface area contributed by atoms with Crippen molar-refractivity contribution in [3.63, 3.8) is 0 Å². The lowest BCUT2D eigenvalue weighted by molar-refractivity contribution is -0.150. The van der Waals surface area contributed by atoms with Crippen molar-refractivity contribution in [3.8, 4) is 5.75 Å². The lowest BCUT2D eigenvalue weighted by atomic mass is 10.0. The Kier molecular flexibility index (Phi) is 10.8. The molecular formula is C29H33N3O7S. The first-order valence-corrected chi connectivity index (χ1v) is 14.4. The molecule has 2 N–H and O–H groups in total. The number of hydrogen-bond acceptors (Lipinski definition) is 8. The van der Waals surface area contributed by atoms with Gasteiger partial charge in [-0.25, -0.2) is 13.1 Å². The quantitative estimate of drug-likeness (QED) is 0.298. The summed E-state index contributed by atoms with van der Waals surface area (Å²) < 4.78 is 38.0. The first-order chi connectivity index (χ1) is 19.2. The third-order valence-corrected chi connectivity index (χ3v) is 7.64. The molecule has 10 nitrogen and oxygen atoms in total. The molecule has 0 aliphatic carbocycles. The van der Waals surface area contributed by atoms with E-state index in [0.717, 1.165) is 11.3 Å². The van der Waals surface area contributed by atoms with Crippen LogP contribution >= 0.6 is 0 Å². The van der Waals surface area contributed by atoms with Gasteiger partial charge in [-0.1, -0.05) is 32.0 Å². The number of sulfonamides is 1. The van der Waals surface area contributed by atoms with Crippen molar-refractivity contribution >= 4 is 27.8 Å². The molecule has 3 aromatic rings. The summed E-state index contributed by atoms with van der Waals surface area (Å²) in [5.74, 6) is -0.983. The smallest absolute Gasteiger partial charge is 0.309 e. The third kappa shape index (κ3) is 8.12. The Bertz CT molecular complexity index is 1420. The molecule has 11 heteroatoms. The summed E-state index contributed by atoms with van der Waals surface area (Å²) >= 11 is 0. The fourth-order valence-electron chi connectivity index (χ4n) is 3.88. The fraction of sp³-hybridized carbons (Fsp3) is 0.310. The SMILES string of the molecule is CCC(CC)C(=O)OCc1ccc(C(=O)NS(=O)(=O)c2ccc(C(=O)NCCc3ccccc3OC)cc2)cn1. The van der Waals surface area contributed by atoms with Crippen LogP contribution in [-0.2, 0) is 32.6 Å². The molecule has 3 rings (SSSR count). The maximum absolute atomic E-state index is 12.7. The van der Waals surface area contributed by atoms with Crippen molar-refractivity contribution in [3.05, 3.63) is 89.2 Å². The predicted molar refractivity (Wildman–Crippen MR) is 148 cm³/mol. The summed E-state index contributed by atoms with van der Waals surface area (Å²) in [4.78, 5) is 41.0. The second kappa shape index (κ2) is 14.2. The Morgan fingerprint density at radius 3 is 2.20 bits per heavy atom. The van der Waals surface area contributed by atoms with E-state index in [1.54, 1.807) is 7.11 Å². The molecule has 2 aromatic carbocycles. The van der Waals surface area contributed by atoms with E-state index in [0.29, 0.717) is 31.5 Å². The second-order valence-corrected chi connectivity index (χ2v) is 10.6. The van der Waals surface area contributed by atoms with Gasteiger partial charge < -0.3 is 14.8 Å². The average Bonchev–Trinajstić information content (AvgIpc) is 2.97. The number of rotatable bonds is 13. The third-order valence-electron chi connectivity index (χ3n) is 6.29. The summed E-state index contributed by atoms with van der Waals surface area (Å²) in [6, 6.07) is 15.6. The van der Waals surface area contributed by atoms with Crippen molar-refractivity contribution < 1.29 is 32.3 Å². The van der Waals surface area contributed by atoms with Crippen LogP contribution in [0.2, 0.25) is 0 Å². The highest BCUT2D eigenvalue weighted by atomic mass is 32.2. The van der Waals surface area contributed by atoms with Gasteiger partial charge in [0, 0.05) is 18.3 Å². The molecule has 0 saturated carbocycles. The summed E-state index contributed by atoms with van der Waals surface area (Å²) in [7, 11) is -2.62. The van der Waals surface area contributed by atoms with Gasteiger partial charge in [-0.05, 0) is 67.3 Å². The Labute approximate surface area is 234 Å². The highest BCUT2D eigenvalue weighted by molar-refractivity contribution is 7.90. The van der Waals surface area contributed by atoms with Gasteiger partial charge in [-0.3, -0.25) is 19.4 Å². The molecule has 1 heterocycles. The van der Waals surface area contributed by atoms with Crippen LogP contribution in [-0.4, -0.2) is 44.8 Å². The molecule has 1 aromatic heterocycles. The van der Waals surface area contributed by atoms with Crippen molar-refractivity contribution in [2.24, 2.45) is 5.92 Å². The monoisotopic (exact) mass is 567 g/mol. The number of pyridine rings is 1. The number of benzene rings is 2. The topological polar surface area (TPSA) is 141 Å². The number of carbonyl (C=O) groups is 3. The first-order valence-electron chi connectivity index (χ1n) is 12.9. The van der Waals surface area contributed by atoms with Gasteiger partial charge in [0.2, 0.25) is 0 Å². The number of hydrogen-bond donors (Lipinski definition) is 2. The number of nitrogens with one attached hydrogen (secondary N) is 2. The highest BCUT2D eigenvalue weighted by Crippen LogP contribution is 2.17. The molecule has 212 valence electrons. The van der Waals surface area contributed by atoms with Crippen LogP contribution in [0.3, 0.4) is 0 Å². The molecule has 0 atom stereocenters. The molecule has 0 radical (unpaired) electrons. The number of methoxy groups -OCH3 is 1. The molecule has 0 fully saturated rings. The van der Waals surface area contributed by atoms with Crippen molar-refractivity contribution in [1.82, 2.24) is 15.0 Å². The van der Waals surface area contributed by atoms with E-state index >= 15 is 0 Å². The summed E-state index contributed by atoms with van der Waals surface area (Å²) in [5.41, 5.74) is 1.67. The number of ether oxygens (including phenoxy) is 2. The minimum atomic E-state index is -4.20. The van der Waals surface area contributed by atoms with Gasteiger partial charge in [-0.15, -0.1) is 0 Å². The maximum atomic E-state index is 12.7. The van der Waals surface area contributed by atoms with Crippen LogP contribution in [0, 0.1) is 5.92 Å². The predicted octanol–water partition coefficient (Wildman–Crippen LogP) is 3.66. The van der Waals surface area contributed by atoms with Crippen LogP contribution in [0.4, 0.5) is 0 Å². The molecule has 0 unspecified atom stereocenters. The number of aromatic nitrogens is 1. The van der Waals surface area contributed by atoms with E-state index in [1.165, 1.54) is 42.6 Å². The summed E-state index contributed by atoms with van der Waals surface area (Å²) in [5, 5.41) is 2.79. The standard InChI is InChI=1S/C29H33N3O7S/c1-4-20(5-2)29(35)39-19-24-13-10-23(18-31-24)28(34)32-40(36,37)25-14-11-22(12-15-25)27(33)30-17-16-21-8-6-7-9-26(21)38-3/h6-15,18,20H,4-5,16-17,19H2,1-3H3,(H,30,33)(H,32,34). The van der Waals surface area contributed by atoms with E-state index < -0.39 is 15.9 Å². The Morgan fingerprint density at radius 1 is 0.900 bits per heavy atom. The summed E-state index contributed by atoms with van der Waals surface area (Å²) in [6.45, 7) is 4.14. The molecule has 40 heavy (non-hydrogen) atoms. The molecule has 0 aliphatic heterocycles. The maximum Gasteiger partial charge on any atom is 0.309 e. The van der Waals surface area contributed by atoms with Crippen molar-refractivity contribution in [2.75, 3.05) is 13.7 Å². The van der Waals surface area contributed by atoms with Gasteiger partial charge in [0.05, 0.1) is 29.2 Å². The minimum absolute atomic E-state index is 0.0182. The minimum Gasteiger partial charge on any atom is -0.496 e. The highest BCUT2D eigenvalue weighted by Gasteiger charge is 2.20. The molecular weight excluding hydrogens is 534 g/mol. The van der Waals surface area contributed by atoms with Crippen LogP contribution in [0.25, 0.3) is 0 Å². The van der Waals surface area contributed by atoms with Crippen molar-refractivity contribution in [2.45, 2.75) is 44.6 Å². The van der Waals surface area contributed by atoms with Crippen LogP contribution in [0.5, 0.6) is 5.75 Å². The van der Waals surface area contributed by atoms with E-state index in [1.807, 2.05) is 42.8 Å². The lowest BCUT2D eigenvalue weighted by Crippen LogP contribution is -2.31. The average molecular weight is 568 g/mol. The molecule has 0 bridgehead atoms. The van der Waals surface area contributed by atoms with Gasteiger partial charge >= 0.3 is 5.97 Å². The van der Waals surface area contributed by atoms with Gasteiger partial charge in [-0.2, -0.15) is 0 Å². The fourth-order valence-corrected chi connectivity index (χ4v) is 4.85. The molecule has 0 aliphatic rings. The van der Waals surface area contributed by atoms with E-state index in [9.17, 15) is 22.8 Å². The summed E-state index contributed by atoms with van der Waals surface area (Å²) in [6.07, 6.45) is 3.13. The van der Waals surface area contributed by atoms with Crippen LogP contribution < -0.4 is 14.8 Å². The number of amides is 2. The van der Waals surface area contributed by atoms with Gasteiger partial charge in [0.1, 0.15) is 12.4 Å². The number of para-hydroxylation sites is 1. The van der Waals surface area contributed by atoms with Crippen LogP contribution in [0.1, 0.15) is 58.7 Å². The normalized spacial score (nSPS) is 11.1. The Hall–Kier alpha value is -4.25. The van der Waals surface area contributed by atoms with Crippen molar-refractivity contribution in [1.29, 1.82) is 0 Å². The Balaban J connectivity index is 1.54. The van der Waals surface area contributed by atoms with E-state index in [-0.39, 0.29) is 40.4 Å². The number of esters is 1. The zero-order chi connectivity index (χ0) is 29.1. The van der Waals surface area contributed by atoms with E-state index in [4.69, 9.17) is 9.47 Å². The molecule has 0 spiro atoms. The Morgan fingerprint density at radius 2 is 1.57 bits per heavy atom. The molecule has 0 saturated heterocycles. The number of nitrogens with zero attached hydrogens (tertiary/aromatic N) is 1. The van der Waals surface area contributed by atoms with E-state index in [2.05, 4.69) is 10.3 Å². The number of carbonyl (C=O) groups excluding carboxylic acids is 3. The van der Waals surface area contributed by atoms with Crippen LogP contribution in [0.15, 0.2) is 71.8 Å². The van der Waals surface area contributed by atoms with Gasteiger partial charge in [0.25, 0.3) is 21.8 Å². The first kappa shape index (κ1) is 30.3. The molecule has 2 amide bonds.